The lowest BCUT2D eigenvalue weighted by Gasteiger charge is -2.28. The molecule has 2 rings (SSSR count). The molecule has 2 aliphatic carbocycles. The first-order chi connectivity index (χ1) is 8.14. The molecule has 0 aliphatic heterocycles. The van der Waals surface area contributed by atoms with Crippen molar-refractivity contribution in [1.82, 2.24) is 5.32 Å². The van der Waals surface area contributed by atoms with E-state index in [1.165, 1.54) is 0 Å². The predicted octanol–water partition coefficient (Wildman–Crippen LogP) is 1.86. The Morgan fingerprint density at radius 3 is 2.47 bits per heavy atom. The molecule has 2 aliphatic rings. The molecule has 1 amide bonds. The average molecular weight is 237 g/mol. The van der Waals surface area contributed by atoms with Gasteiger partial charge in [-0.05, 0) is 32.1 Å². The lowest BCUT2D eigenvalue weighted by atomic mass is 9.91. The fourth-order valence-corrected chi connectivity index (χ4v) is 2.74. The van der Waals surface area contributed by atoms with Gasteiger partial charge >= 0.3 is 5.97 Å². The molecule has 0 aromatic rings. The Hall–Kier alpha value is -1.32. The number of nitrogens with one attached hydrogen (secondary N) is 1. The maximum Gasteiger partial charge on any atom is 0.329 e. The Balaban J connectivity index is 2.00. The molecule has 17 heavy (non-hydrogen) atoms. The van der Waals surface area contributed by atoms with Crippen molar-refractivity contribution in [3.05, 3.63) is 12.2 Å². The van der Waals surface area contributed by atoms with Crippen molar-refractivity contribution >= 4 is 11.9 Å². The summed E-state index contributed by atoms with van der Waals surface area (Å²) < 4.78 is 0. The third-order valence-corrected chi connectivity index (χ3v) is 3.87. The van der Waals surface area contributed by atoms with Crippen LogP contribution in [0.4, 0.5) is 0 Å². The molecule has 1 unspecified atom stereocenters. The van der Waals surface area contributed by atoms with Gasteiger partial charge in [0.25, 0.3) is 0 Å². The van der Waals surface area contributed by atoms with Gasteiger partial charge in [-0.2, -0.15) is 0 Å². The first-order valence-corrected chi connectivity index (χ1v) is 6.34. The third kappa shape index (κ3) is 2.51. The van der Waals surface area contributed by atoms with Crippen molar-refractivity contribution in [3.63, 3.8) is 0 Å². The first kappa shape index (κ1) is 12.1. The lowest BCUT2D eigenvalue weighted by molar-refractivity contribution is -0.148. The first-order valence-electron chi connectivity index (χ1n) is 6.34. The fourth-order valence-electron chi connectivity index (χ4n) is 2.74. The number of aliphatic carboxylic acids is 1. The standard InChI is InChI=1S/C13H19NO3/c15-11(10-6-2-1-3-7-10)14-13(12(16)17)8-4-5-9-13/h1-2,10H,3-9H2,(H,14,15)(H,16,17). The number of allylic oxidation sites excluding steroid dienone is 2. The SMILES string of the molecule is O=C(NC1(C(=O)O)CCCC1)C1CC=CCC1. The summed E-state index contributed by atoms with van der Waals surface area (Å²) in [4.78, 5) is 23.4. The van der Waals surface area contributed by atoms with Crippen LogP contribution in [0.5, 0.6) is 0 Å². The van der Waals surface area contributed by atoms with Gasteiger partial charge in [-0.1, -0.05) is 25.0 Å². The van der Waals surface area contributed by atoms with E-state index in [1.807, 2.05) is 6.08 Å². The number of carbonyl (C=O) groups is 2. The minimum Gasteiger partial charge on any atom is -0.480 e. The van der Waals surface area contributed by atoms with Crippen LogP contribution in [0.25, 0.3) is 0 Å². The van der Waals surface area contributed by atoms with Crippen LogP contribution in [0, 0.1) is 5.92 Å². The highest BCUT2D eigenvalue weighted by Gasteiger charge is 2.43. The van der Waals surface area contributed by atoms with Crippen LogP contribution in [-0.2, 0) is 9.59 Å². The summed E-state index contributed by atoms with van der Waals surface area (Å²) in [6.45, 7) is 0. The van der Waals surface area contributed by atoms with Gasteiger partial charge in [0.2, 0.25) is 5.91 Å². The molecule has 0 saturated heterocycles. The summed E-state index contributed by atoms with van der Waals surface area (Å²) in [6, 6.07) is 0. The van der Waals surface area contributed by atoms with E-state index in [0.717, 1.165) is 32.1 Å². The minimum absolute atomic E-state index is 0.0446. The molecule has 0 aromatic carbocycles. The van der Waals surface area contributed by atoms with Gasteiger partial charge in [0, 0.05) is 5.92 Å². The molecule has 4 nitrogen and oxygen atoms in total. The zero-order valence-electron chi connectivity index (χ0n) is 9.95. The number of rotatable bonds is 3. The van der Waals surface area contributed by atoms with Crippen LogP contribution in [0.2, 0.25) is 0 Å². The molecule has 1 fully saturated rings. The van der Waals surface area contributed by atoms with Crippen LogP contribution < -0.4 is 5.32 Å². The highest BCUT2D eigenvalue weighted by molar-refractivity contribution is 5.88. The van der Waals surface area contributed by atoms with E-state index in [9.17, 15) is 14.7 Å². The van der Waals surface area contributed by atoms with Gasteiger partial charge in [-0.25, -0.2) is 4.79 Å². The Kier molecular flexibility index (Phi) is 3.50. The zero-order valence-corrected chi connectivity index (χ0v) is 9.95. The van der Waals surface area contributed by atoms with Gasteiger partial charge in [0.15, 0.2) is 0 Å². The molecule has 1 atom stereocenters. The topological polar surface area (TPSA) is 66.4 Å². The Bertz CT molecular complexity index is 343. The second-order valence-electron chi connectivity index (χ2n) is 5.06. The lowest BCUT2D eigenvalue weighted by Crippen LogP contribution is -2.54. The van der Waals surface area contributed by atoms with E-state index in [0.29, 0.717) is 12.8 Å². The van der Waals surface area contributed by atoms with Gasteiger partial charge in [0.05, 0.1) is 0 Å². The van der Waals surface area contributed by atoms with Gasteiger partial charge in [0.1, 0.15) is 5.54 Å². The number of hydrogen-bond acceptors (Lipinski definition) is 2. The van der Waals surface area contributed by atoms with Gasteiger partial charge in [-0.3, -0.25) is 4.79 Å². The largest absolute Gasteiger partial charge is 0.480 e. The van der Waals surface area contributed by atoms with E-state index < -0.39 is 11.5 Å². The molecule has 1 saturated carbocycles. The normalized spacial score (nSPS) is 26.7. The number of carboxylic acid groups (broad SMARTS) is 1. The van der Waals surface area contributed by atoms with Crippen molar-refractivity contribution in [1.29, 1.82) is 0 Å². The second-order valence-corrected chi connectivity index (χ2v) is 5.06. The molecule has 0 aromatic heterocycles. The highest BCUT2D eigenvalue weighted by Crippen LogP contribution is 2.31. The van der Waals surface area contributed by atoms with Crippen molar-refractivity contribution in [2.24, 2.45) is 5.92 Å². The van der Waals surface area contributed by atoms with E-state index in [1.54, 1.807) is 0 Å². The van der Waals surface area contributed by atoms with Crippen molar-refractivity contribution in [2.45, 2.75) is 50.5 Å². The number of hydrogen-bond donors (Lipinski definition) is 2. The smallest absolute Gasteiger partial charge is 0.329 e. The minimum atomic E-state index is -0.988. The van der Waals surface area contributed by atoms with E-state index in [4.69, 9.17) is 0 Å². The van der Waals surface area contributed by atoms with E-state index >= 15 is 0 Å². The molecule has 0 radical (unpaired) electrons. The summed E-state index contributed by atoms with van der Waals surface area (Å²) in [5, 5.41) is 12.1. The number of carboxylic acids is 1. The molecular formula is C13H19NO3. The Morgan fingerprint density at radius 2 is 1.94 bits per heavy atom. The van der Waals surface area contributed by atoms with Crippen molar-refractivity contribution < 1.29 is 14.7 Å². The van der Waals surface area contributed by atoms with Gasteiger partial charge in [-0.15, -0.1) is 0 Å². The molecule has 0 heterocycles. The quantitative estimate of drug-likeness (QED) is 0.736. The van der Waals surface area contributed by atoms with Crippen LogP contribution in [0.15, 0.2) is 12.2 Å². The number of amides is 1. The molecule has 4 heteroatoms. The maximum absolute atomic E-state index is 12.1. The molecule has 94 valence electrons. The van der Waals surface area contributed by atoms with Crippen molar-refractivity contribution in [2.75, 3.05) is 0 Å². The highest BCUT2D eigenvalue weighted by atomic mass is 16.4. The summed E-state index contributed by atoms with van der Waals surface area (Å²) >= 11 is 0. The maximum atomic E-state index is 12.1. The Morgan fingerprint density at radius 1 is 1.24 bits per heavy atom. The molecule has 0 spiro atoms. The summed E-state index contributed by atoms with van der Waals surface area (Å²) in [5.74, 6) is -1.01. The molecule has 0 bridgehead atoms. The van der Waals surface area contributed by atoms with E-state index in [2.05, 4.69) is 11.4 Å². The predicted molar refractivity (Wildman–Crippen MR) is 63.5 cm³/mol. The molecular weight excluding hydrogens is 218 g/mol. The fraction of sp³-hybridized carbons (Fsp3) is 0.692. The summed E-state index contributed by atoms with van der Waals surface area (Å²) in [5.41, 5.74) is -0.988. The van der Waals surface area contributed by atoms with Crippen LogP contribution in [-0.4, -0.2) is 22.5 Å². The average Bonchev–Trinajstić information content (AvgIpc) is 2.80. The second kappa shape index (κ2) is 4.90. The van der Waals surface area contributed by atoms with Crippen molar-refractivity contribution in [3.8, 4) is 0 Å². The van der Waals surface area contributed by atoms with Crippen LogP contribution in [0.1, 0.15) is 44.9 Å². The summed E-state index contributed by atoms with van der Waals surface area (Å²) in [7, 11) is 0. The zero-order chi connectivity index (χ0) is 12.3. The summed E-state index contributed by atoms with van der Waals surface area (Å²) in [6.07, 6.45) is 9.47. The number of carbonyl (C=O) groups excluding carboxylic acids is 1. The molecule has 2 N–H and O–H groups in total. The van der Waals surface area contributed by atoms with Gasteiger partial charge < -0.3 is 10.4 Å². The van der Waals surface area contributed by atoms with E-state index in [-0.39, 0.29) is 11.8 Å². The van der Waals surface area contributed by atoms with Crippen LogP contribution >= 0.6 is 0 Å². The van der Waals surface area contributed by atoms with Crippen LogP contribution in [0.3, 0.4) is 0 Å². The third-order valence-electron chi connectivity index (χ3n) is 3.87. The Labute approximate surface area is 101 Å². The monoisotopic (exact) mass is 237 g/mol.